The molecule has 3 rings (SSSR count). The molecule has 0 aromatic carbocycles. The van der Waals surface area contributed by atoms with Crippen molar-refractivity contribution < 1.29 is 9.90 Å². The predicted molar refractivity (Wildman–Crippen MR) is 68.7 cm³/mol. The molecule has 0 bridgehead atoms. The molecule has 0 radical (unpaired) electrons. The third-order valence-corrected chi connectivity index (χ3v) is 2.94. The van der Waals surface area contributed by atoms with Gasteiger partial charge in [-0.15, -0.1) is 0 Å². The summed E-state index contributed by atoms with van der Waals surface area (Å²) in [5.74, 6) is 1.04. The SMILES string of the molecule is O=C(O)N1CN(Cc2ncccn2)Cc2nccnc21. The van der Waals surface area contributed by atoms with Crippen molar-refractivity contribution in [1.82, 2.24) is 24.8 Å². The lowest BCUT2D eigenvalue weighted by molar-refractivity contribution is 0.181. The zero-order valence-corrected chi connectivity index (χ0v) is 10.5. The van der Waals surface area contributed by atoms with E-state index in [0.717, 1.165) is 0 Å². The van der Waals surface area contributed by atoms with Gasteiger partial charge in [-0.05, 0) is 6.07 Å². The fraction of sp³-hybridized carbons (Fsp3) is 0.250. The van der Waals surface area contributed by atoms with Gasteiger partial charge in [0, 0.05) is 31.3 Å². The monoisotopic (exact) mass is 272 g/mol. The molecule has 2 aromatic heterocycles. The van der Waals surface area contributed by atoms with Crippen LogP contribution in [0.15, 0.2) is 30.9 Å². The van der Waals surface area contributed by atoms with Crippen molar-refractivity contribution in [3.63, 3.8) is 0 Å². The summed E-state index contributed by atoms with van der Waals surface area (Å²) < 4.78 is 0. The Morgan fingerprint density at radius 2 is 1.90 bits per heavy atom. The van der Waals surface area contributed by atoms with Gasteiger partial charge in [-0.2, -0.15) is 0 Å². The highest BCUT2D eigenvalue weighted by Gasteiger charge is 2.29. The summed E-state index contributed by atoms with van der Waals surface area (Å²) >= 11 is 0. The lowest BCUT2D eigenvalue weighted by atomic mass is 10.3. The van der Waals surface area contributed by atoms with Crippen molar-refractivity contribution in [3.05, 3.63) is 42.4 Å². The van der Waals surface area contributed by atoms with E-state index in [1.807, 2.05) is 4.90 Å². The van der Waals surface area contributed by atoms with Crippen molar-refractivity contribution in [2.75, 3.05) is 11.6 Å². The van der Waals surface area contributed by atoms with Crippen LogP contribution in [-0.4, -0.2) is 42.7 Å². The summed E-state index contributed by atoms with van der Waals surface area (Å²) in [5, 5.41) is 9.27. The van der Waals surface area contributed by atoms with E-state index < -0.39 is 6.09 Å². The van der Waals surface area contributed by atoms with Gasteiger partial charge in [0.2, 0.25) is 0 Å². The molecule has 0 saturated heterocycles. The molecule has 1 aliphatic heterocycles. The number of nitrogens with zero attached hydrogens (tertiary/aromatic N) is 6. The minimum Gasteiger partial charge on any atom is -0.465 e. The van der Waals surface area contributed by atoms with Crippen LogP contribution in [-0.2, 0) is 13.1 Å². The van der Waals surface area contributed by atoms with E-state index in [1.54, 1.807) is 24.7 Å². The first-order valence-electron chi connectivity index (χ1n) is 6.02. The topological polar surface area (TPSA) is 95.3 Å². The van der Waals surface area contributed by atoms with Crippen molar-refractivity contribution in [3.8, 4) is 0 Å². The number of fused-ring (bicyclic) bond motifs is 1. The Labute approximate surface area is 114 Å². The Kier molecular flexibility index (Phi) is 3.21. The Morgan fingerprint density at radius 1 is 1.15 bits per heavy atom. The van der Waals surface area contributed by atoms with Gasteiger partial charge in [-0.3, -0.25) is 9.88 Å². The van der Waals surface area contributed by atoms with Crippen LogP contribution in [0.1, 0.15) is 11.5 Å². The van der Waals surface area contributed by atoms with Gasteiger partial charge < -0.3 is 5.11 Å². The highest BCUT2D eigenvalue weighted by Crippen LogP contribution is 2.23. The quantitative estimate of drug-likeness (QED) is 0.860. The lowest BCUT2D eigenvalue weighted by Crippen LogP contribution is -2.45. The Bertz CT molecular complexity index is 620. The van der Waals surface area contributed by atoms with Crippen LogP contribution >= 0.6 is 0 Å². The summed E-state index contributed by atoms with van der Waals surface area (Å²) in [6.07, 6.45) is 5.32. The minimum atomic E-state index is -1.05. The van der Waals surface area contributed by atoms with Gasteiger partial charge in [-0.1, -0.05) is 0 Å². The first-order chi connectivity index (χ1) is 9.74. The molecule has 0 fully saturated rings. The third-order valence-electron chi connectivity index (χ3n) is 2.94. The second-order valence-electron chi connectivity index (χ2n) is 4.33. The Balaban J connectivity index is 1.85. The number of hydrogen-bond acceptors (Lipinski definition) is 6. The van der Waals surface area contributed by atoms with Crippen molar-refractivity contribution in [2.24, 2.45) is 0 Å². The maximum atomic E-state index is 11.3. The van der Waals surface area contributed by atoms with E-state index in [-0.39, 0.29) is 6.67 Å². The summed E-state index contributed by atoms with van der Waals surface area (Å²) in [6.45, 7) is 1.20. The molecule has 0 unspecified atom stereocenters. The molecule has 3 heterocycles. The molecule has 8 heteroatoms. The predicted octanol–water partition coefficient (Wildman–Crippen LogP) is 0.724. The van der Waals surface area contributed by atoms with Crippen LogP contribution < -0.4 is 4.90 Å². The van der Waals surface area contributed by atoms with Crippen LogP contribution in [0.4, 0.5) is 10.6 Å². The molecule has 1 aliphatic rings. The number of rotatable bonds is 2. The second-order valence-corrected chi connectivity index (χ2v) is 4.33. The van der Waals surface area contributed by atoms with Crippen LogP contribution in [0.25, 0.3) is 0 Å². The summed E-state index contributed by atoms with van der Waals surface area (Å²) in [7, 11) is 0. The molecule has 1 amide bonds. The third kappa shape index (κ3) is 2.41. The largest absolute Gasteiger partial charge is 0.465 e. The zero-order chi connectivity index (χ0) is 13.9. The average Bonchev–Trinajstić information content (AvgIpc) is 2.47. The molecule has 0 saturated carbocycles. The van der Waals surface area contributed by atoms with Crippen LogP contribution in [0, 0.1) is 0 Å². The maximum absolute atomic E-state index is 11.3. The first kappa shape index (κ1) is 12.4. The highest BCUT2D eigenvalue weighted by molar-refractivity contribution is 5.85. The fourth-order valence-corrected chi connectivity index (χ4v) is 2.09. The van der Waals surface area contributed by atoms with Gasteiger partial charge in [0.1, 0.15) is 5.82 Å². The number of amides is 1. The van der Waals surface area contributed by atoms with E-state index in [0.29, 0.717) is 30.4 Å². The van der Waals surface area contributed by atoms with E-state index in [1.165, 1.54) is 11.1 Å². The molecule has 0 atom stereocenters. The van der Waals surface area contributed by atoms with Crippen molar-refractivity contribution in [2.45, 2.75) is 13.1 Å². The molecule has 0 aliphatic carbocycles. The molecule has 2 aromatic rings. The molecule has 0 spiro atoms. The van der Waals surface area contributed by atoms with E-state index in [2.05, 4.69) is 19.9 Å². The Hall–Kier alpha value is -2.61. The standard InChI is InChI=1S/C12H12N6O2/c19-12(20)18-8-17(7-10-14-2-1-3-15-10)6-9-11(18)16-5-4-13-9/h1-5H,6-8H2,(H,19,20). The van der Waals surface area contributed by atoms with E-state index in [4.69, 9.17) is 0 Å². The van der Waals surface area contributed by atoms with Crippen LogP contribution in [0.3, 0.4) is 0 Å². The zero-order valence-electron chi connectivity index (χ0n) is 10.5. The van der Waals surface area contributed by atoms with Gasteiger partial charge in [0.25, 0.3) is 0 Å². The number of hydrogen-bond donors (Lipinski definition) is 1. The van der Waals surface area contributed by atoms with Gasteiger partial charge in [0.15, 0.2) is 5.82 Å². The molecule has 102 valence electrons. The fourth-order valence-electron chi connectivity index (χ4n) is 2.09. The smallest absolute Gasteiger partial charge is 0.414 e. The van der Waals surface area contributed by atoms with Gasteiger partial charge in [0.05, 0.1) is 18.9 Å². The minimum absolute atomic E-state index is 0.222. The van der Waals surface area contributed by atoms with Crippen LogP contribution in [0.2, 0.25) is 0 Å². The molecular weight excluding hydrogens is 260 g/mol. The number of carbonyl (C=O) groups is 1. The van der Waals surface area contributed by atoms with E-state index >= 15 is 0 Å². The molecular formula is C12H12N6O2. The normalized spacial score (nSPS) is 14.9. The maximum Gasteiger partial charge on any atom is 0.414 e. The Morgan fingerprint density at radius 3 is 2.65 bits per heavy atom. The second kappa shape index (κ2) is 5.17. The lowest BCUT2D eigenvalue weighted by Gasteiger charge is -2.33. The van der Waals surface area contributed by atoms with Crippen LogP contribution in [0.5, 0.6) is 0 Å². The summed E-state index contributed by atoms with van der Waals surface area (Å²) in [6, 6.07) is 1.74. The van der Waals surface area contributed by atoms with Crippen molar-refractivity contribution >= 4 is 11.9 Å². The summed E-state index contributed by atoms with van der Waals surface area (Å²) in [5.41, 5.74) is 0.636. The number of anilines is 1. The number of carboxylic acid groups (broad SMARTS) is 1. The van der Waals surface area contributed by atoms with Crippen molar-refractivity contribution in [1.29, 1.82) is 0 Å². The first-order valence-corrected chi connectivity index (χ1v) is 6.02. The van der Waals surface area contributed by atoms with Gasteiger partial charge >= 0.3 is 6.09 Å². The molecule has 1 N–H and O–H groups in total. The number of aromatic nitrogens is 4. The highest BCUT2D eigenvalue weighted by atomic mass is 16.4. The van der Waals surface area contributed by atoms with E-state index in [9.17, 15) is 9.90 Å². The molecule has 8 nitrogen and oxygen atoms in total. The molecule has 20 heavy (non-hydrogen) atoms. The summed E-state index contributed by atoms with van der Waals surface area (Å²) in [4.78, 5) is 31.0. The average molecular weight is 272 g/mol. The van der Waals surface area contributed by atoms with Gasteiger partial charge in [-0.25, -0.2) is 24.6 Å².